The van der Waals surface area contributed by atoms with Gasteiger partial charge in [-0.05, 0) is 41.2 Å². The summed E-state index contributed by atoms with van der Waals surface area (Å²) in [7, 11) is 5.55. The molecule has 1 saturated heterocycles. The molecule has 2 N–H and O–H groups in total. The summed E-state index contributed by atoms with van der Waals surface area (Å²) in [5.41, 5.74) is 2.43. The van der Waals surface area contributed by atoms with E-state index in [9.17, 15) is 15.0 Å². The van der Waals surface area contributed by atoms with Crippen molar-refractivity contribution in [3.63, 3.8) is 0 Å². The highest BCUT2D eigenvalue weighted by Gasteiger charge is 2.64. The number of likely N-dealkylation sites (tertiary alicyclic amines) is 1. The Bertz CT molecular complexity index is 1530. The lowest BCUT2D eigenvalue weighted by atomic mass is 9.51. The monoisotopic (exact) mass is 576 g/mol. The Morgan fingerprint density at radius 3 is 2.02 bits per heavy atom. The molecule has 4 unspecified atom stereocenters. The fraction of sp³-hybridized carbons (Fsp3) is 0.324. The molecular formula is C37H40N2O4. The van der Waals surface area contributed by atoms with Gasteiger partial charge in [0.1, 0.15) is 11.4 Å². The number of hydrogen-bond donors (Lipinski definition) is 2. The van der Waals surface area contributed by atoms with Gasteiger partial charge in [-0.2, -0.15) is 0 Å². The summed E-state index contributed by atoms with van der Waals surface area (Å²) in [6.45, 7) is 0.780. The number of aliphatic hydroxyl groups is 2. The zero-order valence-corrected chi connectivity index (χ0v) is 25.1. The van der Waals surface area contributed by atoms with Crippen LogP contribution in [0.4, 0.5) is 5.69 Å². The van der Waals surface area contributed by atoms with Gasteiger partial charge in [-0.1, -0.05) is 97.1 Å². The smallest absolute Gasteiger partial charge is 0.227 e. The van der Waals surface area contributed by atoms with Crippen LogP contribution >= 0.6 is 0 Å². The highest BCUT2D eigenvalue weighted by molar-refractivity contribution is 5.81. The van der Waals surface area contributed by atoms with E-state index in [0.717, 1.165) is 22.4 Å². The van der Waals surface area contributed by atoms with E-state index in [1.54, 1.807) is 7.11 Å². The normalized spacial score (nSPS) is 24.3. The number of amides is 1. The number of carbonyl (C=O) groups is 1. The first-order valence-corrected chi connectivity index (χ1v) is 15.0. The van der Waals surface area contributed by atoms with E-state index >= 15 is 0 Å². The maximum absolute atomic E-state index is 14.1. The molecule has 6 nitrogen and oxygen atoms in total. The summed E-state index contributed by atoms with van der Waals surface area (Å²) in [6, 6.07) is 35.9. The number of aliphatic hydroxyl groups excluding tert-OH is 1. The molecule has 1 saturated carbocycles. The molecule has 2 fully saturated rings. The lowest BCUT2D eigenvalue weighted by Crippen LogP contribution is -2.60. The van der Waals surface area contributed by atoms with Crippen LogP contribution in [0.25, 0.3) is 0 Å². The van der Waals surface area contributed by atoms with Crippen molar-refractivity contribution in [3.8, 4) is 5.75 Å². The number of hydrogen-bond acceptors (Lipinski definition) is 5. The van der Waals surface area contributed by atoms with Crippen LogP contribution in [0.1, 0.15) is 28.7 Å². The van der Waals surface area contributed by atoms with E-state index in [0.29, 0.717) is 30.8 Å². The minimum absolute atomic E-state index is 0.00981. The van der Waals surface area contributed by atoms with Crippen LogP contribution in [-0.4, -0.2) is 61.4 Å². The summed E-state index contributed by atoms with van der Waals surface area (Å²) in [4.78, 5) is 18.0. The summed E-state index contributed by atoms with van der Waals surface area (Å²) >= 11 is 0. The molecule has 0 spiro atoms. The van der Waals surface area contributed by atoms with Crippen LogP contribution in [0.3, 0.4) is 0 Å². The fourth-order valence-electron chi connectivity index (χ4n) is 7.84. The Morgan fingerprint density at radius 1 is 0.837 bits per heavy atom. The van der Waals surface area contributed by atoms with Crippen LogP contribution in [0.5, 0.6) is 5.75 Å². The molecule has 0 aromatic heterocycles. The molecule has 1 aliphatic carbocycles. The molecule has 4 atom stereocenters. The van der Waals surface area contributed by atoms with Crippen molar-refractivity contribution >= 4 is 11.6 Å². The lowest BCUT2D eigenvalue weighted by molar-refractivity contribution is -0.168. The molecule has 0 radical (unpaired) electrons. The van der Waals surface area contributed by atoms with E-state index in [1.807, 2.05) is 109 Å². The fourth-order valence-corrected chi connectivity index (χ4v) is 7.84. The number of benzene rings is 4. The van der Waals surface area contributed by atoms with E-state index in [2.05, 4.69) is 24.3 Å². The molecule has 0 bridgehead atoms. The van der Waals surface area contributed by atoms with Gasteiger partial charge in [0.2, 0.25) is 5.91 Å². The van der Waals surface area contributed by atoms with Crippen molar-refractivity contribution in [2.75, 3.05) is 39.2 Å². The van der Waals surface area contributed by atoms with E-state index in [1.165, 1.54) is 0 Å². The van der Waals surface area contributed by atoms with Crippen LogP contribution in [0.2, 0.25) is 0 Å². The molecule has 1 heterocycles. The van der Waals surface area contributed by atoms with Crippen molar-refractivity contribution in [2.24, 2.45) is 11.8 Å². The lowest BCUT2D eigenvalue weighted by Gasteiger charge is -2.55. The van der Waals surface area contributed by atoms with Gasteiger partial charge in [0, 0.05) is 49.8 Å². The number of carbonyl (C=O) groups excluding carboxylic acids is 1. The van der Waals surface area contributed by atoms with Gasteiger partial charge in [0.25, 0.3) is 0 Å². The van der Waals surface area contributed by atoms with Gasteiger partial charge >= 0.3 is 0 Å². The van der Waals surface area contributed by atoms with Crippen LogP contribution in [0, 0.1) is 11.8 Å². The average Bonchev–Trinajstić information content (AvgIpc) is 3.51. The third kappa shape index (κ3) is 4.79. The van der Waals surface area contributed by atoms with Crippen molar-refractivity contribution < 1.29 is 19.7 Å². The Kier molecular flexibility index (Phi) is 7.75. The standard InChI is InChI=1S/C37H40N2O4/c1-38(2)32-20-12-10-14-26(32)22-35(41)39-24-30-31(25-39)37(42,29-19-11-13-21-33(29)43-3)34(40)23-36(30,27-15-6-4-7-16-27)28-17-8-5-9-18-28/h4-21,30-31,34,40,42H,22-25H2,1-3H3. The van der Waals surface area contributed by atoms with Crippen molar-refractivity contribution in [2.45, 2.75) is 30.0 Å². The molecule has 2 aliphatic rings. The molecule has 43 heavy (non-hydrogen) atoms. The van der Waals surface area contributed by atoms with Crippen LogP contribution < -0.4 is 9.64 Å². The van der Waals surface area contributed by atoms with E-state index < -0.39 is 23.0 Å². The largest absolute Gasteiger partial charge is 0.496 e. The van der Waals surface area contributed by atoms with Gasteiger partial charge in [0.15, 0.2) is 0 Å². The number of nitrogens with zero attached hydrogens (tertiary/aromatic N) is 2. The third-order valence-electron chi connectivity index (χ3n) is 9.83. The van der Waals surface area contributed by atoms with E-state index in [-0.39, 0.29) is 18.2 Å². The third-order valence-corrected chi connectivity index (χ3v) is 9.83. The Morgan fingerprint density at radius 2 is 1.40 bits per heavy atom. The SMILES string of the molecule is COc1ccccc1C1(O)C(O)CC(c2ccccc2)(c2ccccc2)C2CN(C(=O)Cc3ccccc3N(C)C)CC21. The first kappa shape index (κ1) is 29.0. The van der Waals surface area contributed by atoms with Gasteiger partial charge in [-0.3, -0.25) is 4.79 Å². The van der Waals surface area contributed by atoms with Crippen molar-refractivity contribution in [1.82, 2.24) is 4.90 Å². The molecule has 222 valence electrons. The summed E-state index contributed by atoms with van der Waals surface area (Å²) in [5, 5.41) is 24.9. The Labute approximate surface area is 254 Å². The topological polar surface area (TPSA) is 73.2 Å². The molecule has 1 aliphatic heterocycles. The van der Waals surface area contributed by atoms with Crippen molar-refractivity contribution in [1.29, 1.82) is 0 Å². The van der Waals surface area contributed by atoms with E-state index in [4.69, 9.17) is 4.74 Å². The van der Waals surface area contributed by atoms with Gasteiger partial charge in [-0.15, -0.1) is 0 Å². The van der Waals surface area contributed by atoms with Gasteiger partial charge < -0.3 is 24.7 Å². The number of rotatable bonds is 7. The quantitative estimate of drug-likeness (QED) is 0.323. The Hall–Kier alpha value is -4.13. The van der Waals surface area contributed by atoms with Gasteiger partial charge in [0.05, 0.1) is 19.6 Å². The average molecular weight is 577 g/mol. The first-order chi connectivity index (χ1) is 20.8. The first-order valence-electron chi connectivity index (χ1n) is 15.0. The number of ether oxygens (including phenoxy) is 1. The summed E-state index contributed by atoms with van der Waals surface area (Å²) < 4.78 is 5.71. The molecule has 6 rings (SSSR count). The molecule has 6 heteroatoms. The second-order valence-electron chi connectivity index (χ2n) is 12.2. The molecular weight excluding hydrogens is 536 g/mol. The number of fused-ring (bicyclic) bond motifs is 1. The predicted molar refractivity (Wildman–Crippen MR) is 169 cm³/mol. The number of anilines is 1. The van der Waals surface area contributed by atoms with Crippen LogP contribution in [-0.2, 0) is 22.2 Å². The Balaban J connectivity index is 1.49. The zero-order valence-electron chi connectivity index (χ0n) is 25.1. The number of methoxy groups -OCH3 is 1. The number of para-hydroxylation sites is 2. The minimum atomic E-state index is -1.62. The highest BCUT2D eigenvalue weighted by atomic mass is 16.5. The molecule has 4 aromatic rings. The van der Waals surface area contributed by atoms with Crippen molar-refractivity contribution in [3.05, 3.63) is 131 Å². The maximum Gasteiger partial charge on any atom is 0.227 e. The minimum Gasteiger partial charge on any atom is -0.496 e. The summed E-state index contributed by atoms with van der Waals surface area (Å²) in [5.74, 6) is -0.0975. The highest BCUT2D eigenvalue weighted by Crippen LogP contribution is 2.60. The predicted octanol–water partition coefficient (Wildman–Crippen LogP) is 5.02. The molecule has 1 amide bonds. The maximum atomic E-state index is 14.1. The summed E-state index contributed by atoms with van der Waals surface area (Å²) in [6.07, 6.45) is -0.565. The molecule has 4 aromatic carbocycles. The second-order valence-corrected chi connectivity index (χ2v) is 12.2. The van der Waals surface area contributed by atoms with Crippen LogP contribution in [0.15, 0.2) is 109 Å². The zero-order chi connectivity index (χ0) is 30.2. The second kappa shape index (κ2) is 11.5. The van der Waals surface area contributed by atoms with Gasteiger partial charge in [-0.25, -0.2) is 0 Å².